The molecule has 0 unspecified atom stereocenters. The average molecular weight is 871 g/mol. The monoisotopic (exact) mass is 870 g/mol. The molecule has 4 fully saturated rings. The molecule has 3 saturated carbocycles. The zero-order valence-corrected chi connectivity index (χ0v) is 41.8. The molecule has 0 aromatic carbocycles. The van der Waals surface area contributed by atoms with Crippen molar-refractivity contribution in [2.45, 2.75) is 142 Å². The minimum absolute atomic E-state index is 0. The van der Waals surface area contributed by atoms with E-state index < -0.39 is 91.5 Å². The van der Waals surface area contributed by atoms with Crippen LogP contribution in [0.25, 0.3) is 0 Å². The van der Waals surface area contributed by atoms with E-state index in [1.165, 1.54) is 12.5 Å². The maximum atomic E-state index is 11.7. The zero-order valence-electron chi connectivity index (χ0n) is 33.4. The van der Waals surface area contributed by atoms with Gasteiger partial charge in [0.1, 0.15) is 12.2 Å². The van der Waals surface area contributed by atoms with Crippen molar-refractivity contribution in [1.29, 1.82) is 0 Å². The predicted molar refractivity (Wildman–Crippen MR) is 178 cm³/mol. The smallest absolute Gasteiger partial charge is 0.726 e. The number of aliphatic hydroxyl groups excluding tert-OH is 2. The van der Waals surface area contributed by atoms with Crippen LogP contribution < -0.4 is 88.7 Å². The molecule has 5 rings (SSSR count). The Hall–Kier alpha value is 2.19. The summed E-state index contributed by atoms with van der Waals surface area (Å²) >= 11 is 0. The maximum absolute atomic E-state index is 11.7. The number of allylic oxidation sites excluding steroid dienone is 2. The predicted octanol–water partition coefficient (Wildman–Crippen LogP) is -6.15. The Kier molecular flexibility index (Phi) is 19.5. The summed E-state index contributed by atoms with van der Waals surface area (Å²) in [6, 6.07) is 0. The van der Waals surface area contributed by atoms with Crippen LogP contribution in [-0.4, -0.2) is 92.2 Å². The minimum atomic E-state index is -5.30. The first-order valence-electron chi connectivity index (χ1n) is 18.1. The van der Waals surface area contributed by atoms with Crippen LogP contribution in [0.4, 0.5) is 0 Å². The first kappa shape index (κ1) is 53.3. The molecular weight excluding hydrogens is 818 g/mol. The molecule has 16 nitrogen and oxygen atoms in total. The normalized spacial score (nSPS) is 40.2. The van der Waals surface area contributed by atoms with Gasteiger partial charge in [0.2, 0.25) is 31.2 Å². The van der Waals surface area contributed by atoms with Crippen LogP contribution in [0, 0.1) is 52.3 Å². The third-order valence-electron chi connectivity index (χ3n) is 13.3. The van der Waals surface area contributed by atoms with Gasteiger partial charge in [0.15, 0.2) is 12.6 Å². The molecule has 302 valence electrons. The molecule has 5 aliphatic rings. The van der Waals surface area contributed by atoms with Gasteiger partial charge in [-0.15, -0.1) is 0 Å². The summed E-state index contributed by atoms with van der Waals surface area (Å²) in [4.78, 5) is 0. The number of aliphatic hydroxyl groups is 2. The van der Waals surface area contributed by atoms with E-state index in [0.717, 1.165) is 19.3 Å². The number of ether oxygens (including phenoxy) is 2. The molecule has 55 heavy (non-hydrogen) atoms. The molecule has 4 aliphatic carbocycles. The van der Waals surface area contributed by atoms with E-state index in [-0.39, 0.29) is 137 Å². The van der Waals surface area contributed by atoms with Crippen molar-refractivity contribution in [3.63, 3.8) is 0 Å². The molecular formula is C33H53Na3O16S3. The van der Waals surface area contributed by atoms with Crippen molar-refractivity contribution in [1.82, 2.24) is 0 Å². The van der Waals surface area contributed by atoms with Crippen molar-refractivity contribution in [2.24, 2.45) is 52.3 Å². The van der Waals surface area contributed by atoms with Gasteiger partial charge in [-0.05, 0) is 104 Å². The molecule has 2 N–H and O–H groups in total. The molecule has 0 spiro atoms. The maximum Gasteiger partial charge on any atom is 1.00 e. The second-order valence-electron chi connectivity index (χ2n) is 16.7. The fourth-order valence-electron chi connectivity index (χ4n) is 10.7. The Balaban J connectivity index is 0.00000348. The van der Waals surface area contributed by atoms with Gasteiger partial charge in [-0.25, -0.2) is 25.3 Å². The summed E-state index contributed by atoms with van der Waals surface area (Å²) in [6.45, 7) is 11.5. The van der Waals surface area contributed by atoms with Gasteiger partial charge in [-0.1, -0.05) is 53.2 Å². The van der Waals surface area contributed by atoms with Gasteiger partial charge < -0.3 is 33.3 Å². The Labute approximate surface area is 393 Å². The summed E-state index contributed by atoms with van der Waals surface area (Å²) in [5.74, 6) is -1.16. The van der Waals surface area contributed by atoms with Gasteiger partial charge >= 0.3 is 88.7 Å². The van der Waals surface area contributed by atoms with E-state index in [9.17, 15) is 49.1 Å². The van der Waals surface area contributed by atoms with E-state index in [1.807, 2.05) is 13.8 Å². The van der Waals surface area contributed by atoms with Crippen LogP contribution in [0.1, 0.15) is 99.3 Å². The number of fused-ring (bicyclic) bond motifs is 5. The van der Waals surface area contributed by atoms with Crippen LogP contribution in [0.5, 0.6) is 0 Å². The van der Waals surface area contributed by atoms with Crippen LogP contribution >= 0.6 is 0 Å². The van der Waals surface area contributed by atoms with E-state index in [0.29, 0.717) is 25.7 Å². The number of rotatable bonds is 13. The van der Waals surface area contributed by atoms with Crippen LogP contribution in [0.3, 0.4) is 0 Å². The first-order valence-corrected chi connectivity index (χ1v) is 22.1. The van der Waals surface area contributed by atoms with Crippen molar-refractivity contribution in [3.05, 3.63) is 11.6 Å². The van der Waals surface area contributed by atoms with Crippen molar-refractivity contribution in [3.8, 4) is 0 Å². The fraction of sp³-hybridized carbons (Fsp3) is 0.939. The molecule has 1 saturated heterocycles. The van der Waals surface area contributed by atoms with Gasteiger partial charge in [0, 0.05) is 5.92 Å². The van der Waals surface area contributed by atoms with Gasteiger partial charge in [-0.3, -0.25) is 12.5 Å². The SMILES string of the molecule is CC(C)[C@H](CC[C@@H](C)[C@H]1CC[C@H]2[C@@H]3C[C@H](O[C@H]4O[C@H](O)[C@H](O)[C@@H](C)[C@@H]4OS(=O)(=O)[O-])[C@H]4C[C@@H](OS(=O)(=O)[O-])CC[C@]4(C)C3=CC[C@]12C)OS(=O)(=O)[O-].[Na+].[Na+].[Na+]. The second-order valence-corrected chi connectivity index (χ2v) is 19.7. The quantitative estimate of drug-likeness (QED) is 0.0756. The average Bonchev–Trinajstić information content (AvgIpc) is 3.36. The molecule has 1 aliphatic heterocycles. The number of hydrogen-bond donors (Lipinski definition) is 2. The Morgan fingerprint density at radius 3 is 2.05 bits per heavy atom. The standard InChI is InChI=1S/C33H56O16S3.3Na/c1-17(2)26(48-51(39,40)41)10-7-18(3)22-8-9-23-21-16-27(45-31-29(49-52(42,43)44)19(4)28(34)30(35)46-31)25-15-20(47-50(36,37)38)11-13-33(25,6)24(21)12-14-32(22,23)5;;;/h12,17-23,25-31,34-35H,7-11,13-16H2,1-6H3,(H,36,37,38)(H,39,40,41)(H,42,43,44);;;/q;3*+1/p-3/t18-,19-,20+,21+,22-,23+,25-,26+,27+,28-,29+,30+,31+,32-,33-;;;/m1.../s1. The van der Waals surface area contributed by atoms with E-state index >= 15 is 0 Å². The van der Waals surface area contributed by atoms with Crippen LogP contribution in [-0.2, 0) is 53.2 Å². The summed E-state index contributed by atoms with van der Waals surface area (Å²) in [7, 11) is -15.2. The summed E-state index contributed by atoms with van der Waals surface area (Å²) in [5, 5.41) is 20.9. The van der Waals surface area contributed by atoms with E-state index in [2.05, 4.69) is 26.8 Å². The number of hydrogen-bond acceptors (Lipinski definition) is 16. The van der Waals surface area contributed by atoms with Crippen molar-refractivity contribution >= 4 is 31.2 Å². The van der Waals surface area contributed by atoms with Gasteiger partial charge in [0.05, 0.1) is 18.3 Å². The van der Waals surface area contributed by atoms with Crippen LogP contribution in [0.2, 0.25) is 0 Å². The summed E-state index contributed by atoms with van der Waals surface area (Å²) in [5.41, 5.74) is 0.472. The molecule has 0 amide bonds. The Morgan fingerprint density at radius 2 is 1.49 bits per heavy atom. The van der Waals surface area contributed by atoms with Gasteiger partial charge in [-0.2, -0.15) is 0 Å². The third-order valence-corrected chi connectivity index (χ3v) is 14.8. The van der Waals surface area contributed by atoms with E-state index in [4.69, 9.17) is 22.0 Å². The molecule has 0 radical (unpaired) electrons. The first-order chi connectivity index (χ1) is 23.8. The third kappa shape index (κ3) is 12.4. The molecule has 0 bridgehead atoms. The zero-order chi connectivity index (χ0) is 38.8. The molecule has 15 atom stereocenters. The van der Waals surface area contributed by atoms with Crippen molar-refractivity contribution in [2.75, 3.05) is 0 Å². The second kappa shape index (κ2) is 20.1. The summed E-state index contributed by atoms with van der Waals surface area (Å²) < 4.78 is 131. The molecule has 22 heteroatoms. The molecule has 1 heterocycles. The van der Waals surface area contributed by atoms with Crippen LogP contribution in [0.15, 0.2) is 11.6 Å². The van der Waals surface area contributed by atoms with E-state index in [1.54, 1.807) is 0 Å². The van der Waals surface area contributed by atoms with Gasteiger partial charge in [0.25, 0.3) is 0 Å². The Bertz CT molecular complexity index is 1670. The Morgan fingerprint density at radius 1 is 0.873 bits per heavy atom. The fourth-order valence-corrected chi connectivity index (χ4v) is 12.4. The largest absolute Gasteiger partial charge is 1.00 e. The minimum Gasteiger partial charge on any atom is -0.726 e. The summed E-state index contributed by atoms with van der Waals surface area (Å²) in [6.07, 6.45) is -1.86. The topological polar surface area (TPSA) is 258 Å². The van der Waals surface area contributed by atoms with Crippen molar-refractivity contribution < 1.29 is 160 Å². The molecule has 0 aromatic rings. The molecule has 0 aromatic heterocycles.